The van der Waals surface area contributed by atoms with Crippen molar-refractivity contribution in [1.82, 2.24) is 9.55 Å². The molecule has 1 aliphatic rings. The molecule has 0 spiro atoms. The van der Waals surface area contributed by atoms with E-state index in [1.54, 1.807) is 18.5 Å². The van der Waals surface area contributed by atoms with Crippen molar-refractivity contribution in [2.45, 2.75) is 40.2 Å². The van der Waals surface area contributed by atoms with Gasteiger partial charge in [0.05, 0.1) is 6.10 Å². The maximum atomic E-state index is 11.2. The van der Waals surface area contributed by atoms with Gasteiger partial charge in [0.15, 0.2) is 0 Å². The van der Waals surface area contributed by atoms with E-state index in [-0.39, 0.29) is 17.2 Å². The van der Waals surface area contributed by atoms with Crippen LogP contribution >= 0.6 is 0 Å². The van der Waals surface area contributed by atoms with Crippen molar-refractivity contribution in [2.24, 2.45) is 18.4 Å². The van der Waals surface area contributed by atoms with Crippen LogP contribution < -0.4 is 4.90 Å². The van der Waals surface area contributed by atoms with E-state index in [2.05, 4.69) is 25.8 Å². The predicted molar refractivity (Wildman–Crippen MR) is 80.4 cm³/mol. The first kappa shape index (κ1) is 15.8. The fourth-order valence-electron chi connectivity index (χ4n) is 3.19. The summed E-state index contributed by atoms with van der Waals surface area (Å²) in [7, 11) is 1.77. The number of imidazole rings is 1. The minimum atomic E-state index is -0.492. The number of aryl methyl sites for hydroxylation is 1. The molecule has 7 nitrogen and oxygen atoms in total. The molecule has 1 N–H and O–H groups in total. The lowest BCUT2D eigenvalue weighted by Crippen LogP contribution is -2.48. The highest BCUT2D eigenvalue weighted by atomic mass is 16.6. The van der Waals surface area contributed by atoms with Gasteiger partial charge in [0.1, 0.15) is 0 Å². The van der Waals surface area contributed by atoms with Gasteiger partial charge in [-0.3, -0.25) is 4.57 Å². The monoisotopic (exact) mass is 296 g/mol. The van der Waals surface area contributed by atoms with Crippen LogP contribution in [0.4, 0.5) is 11.6 Å². The van der Waals surface area contributed by atoms with E-state index >= 15 is 0 Å². The zero-order valence-electron chi connectivity index (χ0n) is 13.3. The molecule has 2 rings (SSSR count). The van der Waals surface area contributed by atoms with Crippen LogP contribution in [0.5, 0.6) is 0 Å². The standard InChI is InChI=1S/C14H24N4O3/c1-9-15-12(18(20)21)13(16(9)5)17-7-6-10(11(19)8-17)14(2,3)4/h10-11,19H,6-8H2,1-5H3/t10-,11-/m0/s1. The number of hydrogen-bond donors (Lipinski definition) is 1. The zero-order valence-corrected chi connectivity index (χ0v) is 13.3. The Labute approximate surface area is 124 Å². The second-order valence-corrected chi connectivity index (χ2v) is 6.90. The molecule has 0 saturated carbocycles. The van der Waals surface area contributed by atoms with Gasteiger partial charge < -0.3 is 20.1 Å². The molecule has 2 heterocycles. The molecular formula is C14H24N4O3. The van der Waals surface area contributed by atoms with Crippen LogP contribution in [-0.2, 0) is 7.05 Å². The van der Waals surface area contributed by atoms with Gasteiger partial charge in [0.2, 0.25) is 11.6 Å². The fourth-order valence-corrected chi connectivity index (χ4v) is 3.19. The highest BCUT2D eigenvalue weighted by Gasteiger charge is 2.39. The van der Waals surface area contributed by atoms with Crippen molar-refractivity contribution in [1.29, 1.82) is 0 Å². The first-order valence-corrected chi connectivity index (χ1v) is 7.23. The third-order valence-electron chi connectivity index (χ3n) is 4.44. The Morgan fingerprint density at radius 3 is 2.52 bits per heavy atom. The molecule has 1 saturated heterocycles. The molecule has 0 aromatic carbocycles. The summed E-state index contributed by atoms with van der Waals surface area (Å²) >= 11 is 0. The van der Waals surface area contributed by atoms with Crippen LogP contribution in [0, 0.1) is 28.4 Å². The molecule has 1 aromatic rings. The van der Waals surface area contributed by atoms with E-state index in [4.69, 9.17) is 0 Å². The van der Waals surface area contributed by atoms with Gasteiger partial charge in [0.25, 0.3) is 0 Å². The quantitative estimate of drug-likeness (QED) is 0.665. The van der Waals surface area contributed by atoms with Gasteiger partial charge in [-0.2, -0.15) is 0 Å². The third kappa shape index (κ3) is 2.88. The van der Waals surface area contributed by atoms with Gasteiger partial charge in [-0.25, -0.2) is 0 Å². The fraction of sp³-hybridized carbons (Fsp3) is 0.786. The van der Waals surface area contributed by atoms with Crippen LogP contribution in [0.3, 0.4) is 0 Å². The molecule has 1 aromatic heterocycles. The van der Waals surface area contributed by atoms with Crippen molar-refractivity contribution in [3.63, 3.8) is 0 Å². The zero-order chi connectivity index (χ0) is 15.9. The number of nitrogens with zero attached hydrogens (tertiary/aromatic N) is 4. The van der Waals surface area contributed by atoms with Gasteiger partial charge >= 0.3 is 5.82 Å². The summed E-state index contributed by atoms with van der Waals surface area (Å²) in [6.07, 6.45) is 0.319. The largest absolute Gasteiger partial charge is 0.406 e. The molecule has 21 heavy (non-hydrogen) atoms. The third-order valence-corrected chi connectivity index (χ3v) is 4.44. The highest BCUT2D eigenvalue weighted by Crippen LogP contribution is 2.37. The molecule has 7 heteroatoms. The average Bonchev–Trinajstić information content (AvgIpc) is 2.64. The average molecular weight is 296 g/mol. The smallest absolute Gasteiger partial charge is 0.391 e. The molecule has 0 aliphatic carbocycles. The number of piperidine rings is 1. The summed E-state index contributed by atoms with van der Waals surface area (Å²) in [6, 6.07) is 0. The highest BCUT2D eigenvalue weighted by molar-refractivity contribution is 5.56. The minimum Gasteiger partial charge on any atom is -0.391 e. The molecule has 0 unspecified atom stereocenters. The maximum absolute atomic E-state index is 11.2. The summed E-state index contributed by atoms with van der Waals surface area (Å²) in [5.74, 6) is 1.16. The molecule has 1 fully saturated rings. The van der Waals surface area contributed by atoms with Crippen LogP contribution in [0.2, 0.25) is 0 Å². The van der Waals surface area contributed by atoms with Gasteiger partial charge in [-0.05, 0) is 27.7 Å². The molecular weight excluding hydrogens is 272 g/mol. The summed E-state index contributed by atoms with van der Waals surface area (Å²) in [6.45, 7) is 9.20. The second-order valence-electron chi connectivity index (χ2n) is 6.90. The Morgan fingerprint density at radius 2 is 2.05 bits per heavy atom. The number of anilines is 1. The molecule has 0 amide bonds. The Morgan fingerprint density at radius 1 is 1.43 bits per heavy atom. The number of aliphatic hydroxyl groups is 1. The van der Waals surface area contributed by atoms with Gasteiger partial charge in [-0.15, -0.1) is 0 Å². The topological polar surface area (TPSA) is 84.4 Å². The Balaban J connectivity index is 2.28. The van der Waals surface area contributed by atoms with Gasteiger partial charge in [0, 0.05) is 27.1 Å². The molecule has 118 valence electrons. The van der Waals surface area contributed by atoms with E-state index in [1.807, 2.05) is 4.90 Å². The Kier molecular flexibility index (Phi) is 3.97. The molecule has 2 atom stereocenters. The van der Waals surface area contributed by atoms with Crippen LogP contribution in [-0.4, -0.2) is 38.8 Å². The van der Waals surface area contributed by atoms with Crippen LogP contribution in [0.25, 0.3) is 0 Å². The summed E-state index contributed by atoms with van der Waals surface area (Å²) < 4.78 is 1.72. The van der Waals surface area contributed by atoms with Crippen LogP contribution in [0.1, 0.15) is 33.0 Å². The SMILES string of the molecule is Cc1nc([N+](=O)[O-])c(N2CC[C@H](C(C)(C)C)[C@@H](O)C2)n1C. The minimum absolute atomic E-state index is 0.0276. The first-order chi connectivity index (χ1) is 9.62. The Hall–Kier alpha value is -1.63. The molecule has 0 bridgehead atoms. The number of hydrogen-bond acceptors (Lipinski definition) is 5. The summed E-state index contributed by atoms with van der Waals surface area (Å²) in [5, 5.41) is 21.6. The Bertz CT molecular complexity index is 547. The molecule has 1 aliphatic heterocycles. The lowest BCUT2D eigenvalue weighted by atomic mass is 9.74. The lowest BCUT2D eigenvalue weighted by Gasteiger charge is -2.42. The van der Waals surface area contributed by atoms with Crippen molar-refractivity contribution in [2.75, 3.05) is 18.0 Å². The number of aromatic nitrogens is 2. The van der Waals surface area contributed by atoms with E-state index in [1.165, 1.54) is 0 Å². The summed E-state index contributed by atoms with van der Waals surface area (Å²) in [5.41, 5.74) is 0.0276. The van der Waals surface area contributed by atoms with Crippen LogP contribution in [0.15, 0.2) is 0 Å². The van der Waals surface area contributed by atoms with Crippen molar-refractivity contribution >= 4 is 11.6 Å². The van der Waals surface area contributed by atoms with E-state index in [0.29, 0.717) is 24.7 Å². The predicted octanol–water partition coefficient (Wildman–Crippen LogP) is 1.87. The van der Waals surface area contributed by atoms with Crippen molar-refractivity contribution in [3.05, 3.63) is 15.9 Å². The second kappa shape index (κ2) is 5.29. The van der Waals surface area contributed by atoms with E-state index < -0.39 is 11.0 Å². The van der Waals surface area contributed by atoms with E-state index in [0.717, 1.165) is 6.42 Å². The van der Waals surface area contributed by atoms with Crippen molar-refractivity contribution in [3.8, 4) is 0 Å². The number of nitro groups is 1. The number of β-amino-alcohol motifs (C(OH)–C–C–N with tert-alkyl or cyclic N) is 1. The first-order valence-electron chi connectivity index (χ1n) is 7.23. The number of rotatable bonds is 2. The number of aliphatic hydroxyl groups excluding tert-OH is 1. The van der Waals surface area contributed by atoms with E-state index in [9.17, 15) is 15.2 Å². The normalized spacial score (nSPS) is 23.4. The molecule has 0 radical (unpaired) electrons. The summed E-state index contributed by atoms with van der Waals surface area (Å²) in [4.78, 5) is 16.6. The maximum Gasteiger partial charge on any atom is 0.406 e. The lowest BCUT2D eigenvalue weighted by molar-refractivity contribution is -0.388. The van der Waals surface area contributed by atoms with Gasteiger partial charge in [-0.1, -0.05) is 20.8 Å². The van der Waals surface area contributed by atoms with Crippen molar-refractivity contribution < 1.29 is 10.0 Å².